The molecule has 0 unspecified atom stereocenters. The lowest BCUT2D eigenvalue weighted by molar-refractivity contribution is 0.622. The maximum atomic E-state index is 9.97. The standard InChI is InChI=1S/C53H36B4N6/c58-36-38-26-32-61-54-27-9-11-30-59(54)56-29-25-40(37-62(56)55-28-10-12-31-60(55)57(61)35-38)39-21-23-46-43-14-2-4-16-45(43)51-34-41(22-24-47(51)42-13-1-3-15-44(42)50(46)33-39)63-52-19-7-5-17-48(52)49-18-6-8-20-53(49)63/h1-35,37H. The molecule has 0 atom stereocenters. The van der Waals surface area contributed by atoms with Crippen LogP contribution in [0.4, 0.5) is 0 Å². The highest BCUT2D eigenvalue weighted by atomic mass is 15.3. The molecular formula is C53H36B4N6. The molecule has 1 aromatic heterocycles. The molecule has 63 heavy (non-hydrogen) atoms. The molecule has 0 N–H and O–H groups in total. The summed E-state index contributed by atoms with van der Waals surface area (Å²) in [6, 6.07) is 51.7. The Bertz CT molecular complexity index is 3340. The van der Waals surface area contributed by atoms with E-state index in [0.29, 0.717) is 5.57 Å². The Balaban J connectivity index is 0.954. The average Bonchev–Trinajstić information content (AvgIpc) is 3.69. The number of benzene rings is 6. The molecule has 0 saturated carbocycles. The van der Waals surface area contributed by atoms with E-state index in [2.05, 4.69) is 242 Å². The molecule has 6 aromatic carbocycles. The summed E-state index contributed by atoms with van der Waals surface area (Å²) in [5.74, 6) is 8.93. The second-order valence-corrected chi connectivity index (χ2v) is 16.8. The summed E-state index contributed by atoms with van der Waals surface area (Å²) in [6.45, 7) is -0.359. The average molecular weight is 800 g/mol. The molecule has 1 fully saturated rings. The fraction of sp³-hybridized carbons (Fsp3) is 0. The molecule has 1 saturated heterocycles. The van der Waals surface area contributed by atoms with Crippen molar-refractivity contribution >= 4 is 55.3 Å². The zero-order chi connectivity index (χ0) is 41.6. The van der Waals surface area contributed by atoms with Crippen molar-refractivity contribution in [1.29, 1.82) is 5.26 Å². The van der Waals surface area contributed by atoms with Crippen LogP contribution in [0.3, 0.4) is 0 Å². The zero-order valence-corrected chi connectivity index (χ0v) is 34.3. The van der Waals surface area contributed by atoms with Gasteiger partial charge >= 0.3 is 27.9 Å². The van der Waals surface area contributed by atoms with E-state index in [0.717, 1.165) is 16.8 Å². The first-order chi connectivity index (χ1) is 31.2. The van der Waals surface area contributed by atoms with Crippen molar-refractivity contribution in [3.63, 3.8) is 0 Å². The summed E-state index contributed by atoms with van der Waals surface area (Å²) < 4.78 is 12.0. The van der Waals surface area contributed by atoms with Gasteiger partial charge in [0.05, 0.1) is 17.1 Å². The van der Waals surface area contributed by atoms with Crippen LogP contribution in [0.1, 0.15) is 5.56 Å². The SMILES string of the molecule is N#CC1=CB2N(C=C1)B1C=CC=CN1B1C=CC(c3ccc4c(c3)-c3ccccc3-c3ccc(-n5c6ccccc6c6ccccc65)cc3-c3ccccc3-4)=CN1B1C=CC=CN21. The van der Waals surface area contributed by atoms with Gasteiger partial charge in [-0.05, 0) is 129 Å². The highest BCUT2D eigenvalue weighted by Gasteiger charge is 2.50. The van der Waals surface area contributed by atoms with Gasteiger partial charge in [0, 0.05) is 22.0 Å². The van der Waals surface area contributed by atoms with Crippen molar-refractivity contribution < 1.29 is 0 Å². The Hall–Kier alpha value is -8.01. The van der Waals surface area contributed by atoms with Gasteiger partial charge in [0.25, 0.3) is 0 Å². The molecule has 1 aliphatic carbocycles. The Morgan fingerprint density at radius 3 is 1.62 bits per heavy atom. The molecule has 6 heterocycles. The van der Waals surface area contributed by atoms with Crippen LogP contribution < -0.4 is 0 Å². The molecule has 7 aromatic rings. The van der Waals surface area contributed by atoms with Gasteiger partial charge in [-0.2, -0.15) is 5.26 Å². The second-order valence-electron chi connectivity index (χ2n) is 16.8. The van der Waals surface area contributed by atoms with E-state index >= 15 is 0 Å². The van der Waals surface area contributed by atoms with Crippen LogP contribution in [-0.4, -0.2) is 51.4 Å². The molecule has 290 valence electrons. The summed E-state index contributed by atoms with van der Waals surface area (Å²) in [7, 11) is 0. The number of hydrogen-bond donors (Lipinski definition) is 0. The van der Waals surface area contributed by atoms with Crippen molar-refractivity contribution in [3.8, 4) is 56.3 Å². The van der Waals surface area contributed by atoms with Gasteiger partial charge in [-0.3, -0.25) is 0 Å². The third-order valence-electron chi connectivity index (χ3n) is 13.6. The Kier molecular flexibility index (Phi) is 7.95. The Morgan fingerprint density at radius 2 is 0.952 bits per heavy atom. The molecule has 13 rings (SSSR count). The third kappa shape index (κ3) is 5.43. The molecule has 5 aliphatic heterocycles. The van der Waals surface area contributed by atoms with Gasteiger partial charge in [-0.1, -0.05) is 145 Å². The predicted molar refractivity (Wildman–Crippen MR) is 263 cm³/mol. The van der Waals surface area contributed by atoms with Crippen LogP contribution in [-0.2, 0) is 0 Å². The second kappa shape index (κ2) is 14.0. The van der Waals surface area contributed by atoms with E-state index in [4.69, 9.17) is 0 Å². The lowest BCUT2D eigenvalue weighted by atomic mass is 9.41. The predicted octanol–water partition coefficient (Wildman–Crippen LogP) is 11.2. The number of allylic oxidation sites excluding steroid dienone is 8. The summed E-state index contributed by atoms with van der Waals surface area (Å²) in [5, 5.41) is 12.5. The number of rotatable bonds is 2. The number of nitrogens with zero attached hydrogens (tertiary/aromatic N) is 6. The Labute approximate surface area is 368 Å². The highest BCUT2D eigenvalue weighted by Crippen LogP contribution is 2.49. The monoisotopic (exact) mass is 800 g/mol. The fourth-order valence-electron chi connectivity index (χ4n) is 10.8. The largest absolute Gasteiger partial charge is 0.423 e. The lowest BCUT2D eigenvalue weighted by Gasteiger charge is -2.53. The first-order valence-electron chi connectivity index (χ1n) is 21.7. The van der Waals surface area contributed by atoms with Crippen molar-refractivity contribution in [2.24, 2.45) is 0 Å². The van der Waals surface area contributed by atoms with Crippen LogP contribution >= 0.6 is 0 Å². The fourth-order valence-corrected chi connectivity index (χ4v) is 10.8. The van der Waals surface area contributed by atoms with Crippen molar-refractivity contribution in [1.82, 2.24) is 23.5 Å². The molecule has 0 amide bonds. The summed E-state index contributed by atoms with van der Waals surface area (Å²) in [5.41, 5.74) is 16.2. The highest BCUT2D eigenvalue weighted by molar-refractivity contribution is 6.92. The molecule has 6 aliphatic rings. The van der Waals surface area contributed by atoms with Crippen molar-refractivity contribution in [2.45, 2.75) is 0 Å². The van der Waals surface area contributed by atoms with Gasteiger partial charge in [0.1, 0.15) is 0 Å². The molecule has 10 heteroatoms. The molecule has 0 bridgehead atoms. The number of hydrogen-bond acceptors (Lipinski definition) is 5. The summed E-state index contributed by atoms with van der Waals surface area (Å²) in [4.78, 5) is 0. The van der Waals surface area contributed by atoms with E-state index in [-0.39, 0.29) is 27.9 Å². The van der Waals surface area contributed by atoms with Crippen LogP contribution in [0.15, 0.2) is 224 Å². The molecule has 6 nitrogen and oxygen atoms in total. The first kappa shape index (κ1) is 35.7. The van der Waals surface area contributed by atoms with E-state index in [1.54, 1.807) is 0 Å². The summed E-state index contributed by atoms with van der Waals surface area (Å²) in [6.07, 6.45) is 21.5. The normalized spacial score (nSPS) is 16.4. The molecule has 0 radical (unpaired) electrons. The maximum Gasteiger partial charge on any atom is 0.381 e. The topological polar surface area (TPSA) is 41.7 Å². The van der Waals surface area contributed by atoms with Crippen LogP contribution in [0.2, 0.25) is 0 Å². The minimum absolute atomic E-state index is 0.0472. The van der Waals surface area contributed by atoms with Gasteiger partial charge in [-0.25, -0.2) is 0 Å². The van der Waals surface area contributed by atoms with Crippen molar-refractivity contribution in [3.05, 3.63) is 230 Å². The van der Waals surface area contributed by atoms with Gasteiger partial charge in [-0.15, -0.1) is 0 Å². The van der Waals surface area contributed by atoms with E-state index in [1.807, 2.05) is 6.08 Å². The zero-order valence-electron chi connectivity index (χ0n) is 34.3. The minimum Gasteiger partial charge on any atom is -0.423 e. The molecular weight excluding hydrogens is 764 g/mol. The molecule has 0 spiro atoms. The maximum absolute atomic E-state index is 9.97. The van der Waals surface area contributed by atoms with E-state index < -0.39 is 0 Å². The first-order valence-corrected chi connectivity index (χ1v) is 21.7. The Morgan fingerprint density at radius 1 is 0.429 bits per heavy atom. The van der Waals surface area contributed by atoms with Crippen LogP contribution in [0.5, 0.6) is 0 Å². The summed E-state index contributed by atoms with van der Waals surface area (Å²) >= 11 is 0. The number of aromatic nitrogens is 1. The van der Waals surface area contributed by atoms with Crippen molar-refractivity contribution in [2.75, 3.05) is 0 Å². The van der Waals surface area contributed by atoms with Gasteiger partial charge in [0.2, 0.25) is 0 Å². The number of para-hydroxylation sites is 2. The number of fused-ring (bicyclic) bond motifs is 19. The quantitative estimate of drug-likeness (QED) is 0.163. The van der Waals surface area contributed by atoms with Crippen LogP contribution in [0.25, 0.3) is 77.6 Å². The van der Waals surface area contributed by atoms with Crippen LogP contribution in [0, 0.1) is 11.3 Å². The van der Waals surface area contributed by atoms with Gasteiger partial charge in [0.15, 0.2) is 0 Å². The number of nitriles is 1. The lowest BCUT2D eigenvalue weighted by Crippen LogP contribution is -2.73. The smallest absolute Gasteiger partial charge is 0.381 e. The van der Waals surface area contributed by atoms with E-state index in [1.165, 1.54) is 66.3 Å². The third-order valence-corrected chi connectivity index (χ3v) is 13.6. The van der Waals surface area contributed by atoms with E-state index in [9.17, 15) is 5.26 Å². The minimum atomic E-state index is -0.155. The van der Waals surface area contributed by atoms with Gasteiger partial charge < -0.3 is 23.5 Å².